The zero-order valence-electron chi connectivity index (χ0n) is 17.3. The molecule has 2 saturated heterocycles. The molecule has 0 bridgehead atoms. The maximum absolute atomic E-state index is 13.2. The second-order valence-electron chi connectivity index (χ2n) is 8.11. The normalized spacial score (nSPS) is 30.2. The number of amides is 2. The van der Waals surface area contributed by atoms with Crippen molar-refractivity contribution in [3.05, 3.63) is 42.0 Å². The van der Waals surface area contributed by atoms with Crippen molar-refractivity contribution in [2.45, 2.75) is 51.6 Å². The number of carbonyl (C=O) groups is 3. The van der Waals surface area contributed by atoms with Crippen LogP contribution in [0.4, 0.5) is 0 Å². The van der Waals surface area contributed by atoms with Crippen LogP contribution in [-0.4, -0.2) is 45.9 Å². The van der Waals surface area contributed by atoms with Gasteiger partial charge in [0.25, 0.3) is 0 Å². The van der Waals surface area contributed by atoms with E-state index < -0.39 is 29.4 Å². The Labute approximate surface area is 172 Å². The lowest BCUT2D eigenvalue weighted by atomic mass is 9.72. The number of hydrogen-bond acceptors (Lipinski definition) is 4. The van der Waals surface area contributed by atoms with Gasteiger partial charge in [-0.3, -0.25) is 24.6 Å². The molecule has 0 aliphatic carbocycles. The van der Waals surface area contributed by atoms with Gasteiger partial charge < -0.3 is 5.11 Å². The lowest BCUT2D eigenvalue weighted by Crippen LogP contribution is -2.60. The van der Waals surface area contributed by atoms with Gasteiger partial charge in [-0.15, -0.1) is 0 Å². The van der Waals surface area contributed by atoms with Gasteiger partial charge in [0.15, 0.2) is 0 Å². The van der Waals surface area contributed by atoms with E-state index in [0.29, 0.717) is 13.0 Å². The average Bonchev–Trinajstić information content (AvgIpc) is 3.20. The van der Waals surface area contributed by atoms with E-state index in [2.05, 4.69) is 5.32 Å². The van der Waals surface area contributed by atoms with Gasteiger partial charge in [-0.2, -0.15) is 0 Å². The highest BCUT2D eigenvalue weighted by Crippen LogP contribution is 2.47. The standard InChI is InChI=1S/C23H30N2O4/c1-4-6-14-25-20(26)18-17(13-12-16-10-8-7-9-11-16)24-23(22(28)29,15(3)5-2)19(18)21(25)27/h7-13,15,17-19,24H,4-6,14H2,1-3H3,(H,28,29)/b13-12+. The molecule has 2 amide bonds. The van der Waals surface area contributed by atoms with Crippen molar-refractivity contribution < 1.29 is 19.5 Å². The number of benzene rings is 1. The summed E-state index contributed by atoms with van der Waals surface area (Å²) in [5.41, 5.74) is -0.486. The SMILES string of the molecule is CCCCN1C(=O)C2C(/C=C/c3ccccc3)NC(C(=O)O)(C(C)CC)C2C1=O. The first-order chi connectivity index (χ1) is 13.9. The summed E-state index contributed by atoms with van der Waals surface area (Å²) < 4.78 is 0. The number of unbranched alkanes of at least 4 members (excludes halogenated alkanes) is 1. The minimum atomic E-state index is -1.45. The minimum Gasteiger partial charge on any atom is -0.480 e. The Kier molecular flexibility index (Phi) is 6.22. The van der Waals surface area contributed by atoms with Crippen LogP contribution in [0.5, 0.6) is 0 Å². The van der Waals surface area contributed by atoms with E-state index in [1.54, 1.807) is 0 Å². The van der Waals surface area contributed by atoms with Gasteiger partial charge in [0, 0.05) is 12.6 Å². The summed E-state index contributed by atoms with van der Waals surface area (Å²) in [5.74, 6) is -3.54. The molecule has 0 spiro atoms. The van der Waals surface area contributed by atoms with E-state index in [-0.39, 0.29) is 17.7 Å². The summed E-state index contributed by atoms with van der Waals surface area (Å²) >= 11 is 0. The molecule has 0 saturated carbocycles. The molecule has 2 heterocycles. The van der Waals surface area contributed by atoms with Crippen LogP contribution in [0.1, 0.15) is 45.6 Å². The van der Waals surface area contributed by atoms with Gasteiger partial charge in [0.2, 0.25) is 11.8 Å². The summed E-state index contributed by atoms with van der Waals surface area (Å²) in [7, 11) is 0. The number of rotatable bonds is 8. The van der Waals surface area contributed by atoms with Crippen molar-refractivity contribution in [3.63, 3.8) is 0 Å². The first-order valence-corrected chi connectivity index (χ1v) is 10.5. The Balaban J connectivity index is 2.03. The maximum Gasteiger partial charge on any atom is 0.325 e. The van der Waals surface area contributed by atoms with Gasteiger partial charge in [-0.05, 0) is 17.9 Å². The number of fused-ring (bicyclic) bond motifs is 1. The largest absolute Gasteiger partial charge is 0.480 e. The second-order valence-corrected chi connectivity index (χ2v) is 8.11. The number of nitrogens with zero attached hydrogens (tertiary/aromatic N) is 1. The highest BCUT2D eigenvalue weighted by molar-refractivity contribution is 6.09. The first-order valence-electron chi connectivity index (χ1n) is 10.5. The summed E-state index contributed by atoms with van der Waals surface area (Å²) in [4.78, 5) is 40.2. The quantitative estimate of drug-likeness (QED) is 0.658. The number of carbonyl (C=O) groups excluding carboxylic acids is 2. The summed E-state index contributed by atoms with van der Waals surface area (Å²) in [6, 6.07) is 9.14. The Morgan fingerprint density at radius 2 is 1.93 bits per heavy atom. The third-order valence-electron chi connectivity index (χ3n) is 6.50. The third kappa shape index (κ3) is 3.50. The lowest BCUT2D eigenvalue weighted by molar-refractivity contribution is -0.154. The third-order valence-corrected chi connectivity index (χ3v) is 6.50. The number of carboxylic acids is 1. The monoisotopic (exact) mass is 398 g/mol. The lowest BCUT2D eigenvalue weighted by Gasteiger charge is -2.35. The predicted molar refractivity (Wildman–Crippen MR) is 111 cm³/mol. The molecule has 2 aliphatic rings. The number of carboxylic acid groups (broad SMARTS) is 1. The van der Waals surface area contributed by atoms with E-state index in [4.69, 9.17) is 0 Å². The highest BCUT2D eigenvalue weighted by atomic mass is 16.4. The molecule has 29 heavy (non-hydrogen) atoms. The van der Waals surface area contributed by atoms with Crippen LogP contribution in [0.25, 0.3) is 6.08 Å². The van der Waals surface area contributed by atoms with Crippen molar-refractivity contribution in [1.29, 1.82) is 0 Å². The van der Waals surface area contributed by atoms with Crippen LogP contribution in [0.15, 0.2) is 36.4 Å². The fraction of sp³-hybridized carbons (Fsp3) is 0.522. The molecule has 2 N–H and O–H groups in total. The van der Waals surface area contributed by atoms with Crippen LogP contribution in [0.2, 0.25) is 0 Å². The topological polar surface area (TPSA) is 86.7 Å². The maximum atomic E-state index is 13.2. The van der Waals surface area contributed by atoms with E-state index in [1.807, 2.05) is 63.3 Å². The van der Waals surface area contributed by atoms with Crippen LogP contribution in [-0.2, 0) is 14.4 Å². The predicted octanol–water partition coefficient (Wildman–Crippen LogP) is 2.94. The molecule has 0 radical (unpaired) electrons. The zero-order chi connectivity index (χ0) is 21.2. The molecule has 2 fully saturated rings. The van der Waals surface area contributed by atoms with Gasteiger partial charge in [-0.1, -0.05) is 76.1 Å². The number of nitrogens with one attached hydrogen (secondary N) is 1. The Morgan fingerprint density at radius 1 is 1.24 bits per heavy atom. The van der Waals surface area contributed by atoms with E-state index in [0.717, 1.165) is 18.4 Å². The van der Waals surface area contributed by atoms with Gasteiger partial charge >= 0.3 is 5.97 Å². The first kappa shape index (κ1) is 21.2. The van der Waals surface area contributed by atoms with Crippen molar-refractivity contribution in [2.24, 2.45) is 17.8 Å². The molecule has 3 rings (SSSR count). The number of hydrogen-bond donors (Lipinski definition) is 2. The van der Waals surface area contributed by atoms with E-state index >= 15 is 0 Å². The Morgan fingerprint density at radius 3 is 2.52 bits per heavy atom. The van der Waals surface area contributed by atoms with Crippen molar-refractivity contribution in [3.8, 4) is 0 Å². The summed E-state index contributed by atoms with van der Waals surface area (Å²) in [5, 5.41) is 13.4. The number of likely N-dealkylation sites (tertiary alicyclic amines) is 1. The molecule has 5 unspecified atom stereocenters. The summed E-state index contributed by atoms with van der Waals surface area (Å²) in [6.07, 6.45) is 5.90. The zero-order valence-corrected chi connectivity index (χ0v) is 17.3. The molecule has 6 heteroatoms. The average molecular weight is 399 g/mol. The summed E-state index contributed by atoms with van der Waals surface area (Å²) in [6.45, 7) is 6.11. The number of imide groups is 1. The molecular formula is C23H30N2O4. The molecule has 6 nitrogen and oxygen atoms in total. The molecule has 156 valence electrons. The molecule has 5 atom stereocenters. The van der Waals surface area contributed by atoms with Gasteiger partial charge in [-0.25, -0.2) is 0 Å². The van der Waals surface area contributed by atoms with Crippen LogP contribution in [0, 0.1) is 17.8 Å². The van der Waals surface area contributed by atoms with Crippen LogP contribution < -0.4 is 5.32 Å². The number of aliphatic carboxylic acids is 1. The highest BCUT2D eigenvalue weighted by Gasteiger charge is 2.68. The smallest absolute Gasteiger partial charge is 0.325 e. The fourth-order valence-corrected chi connectivity index (χ4v) is 4.71. The molecular weight excluding hydrogens is 368 g/mol. The van der Waals surface area contributed by atoms with E-state index in [9.17, 15) is 19.5 Å². The van der Waals surface area contributed by atoms with Gasteiger partial charge in [0.1, 0.15) is 5.54 Å². The van der Waals surface area contributed by atoms with Gasteiger partial charge in [0.05, 0.1) is 11.8 Å². The van der Waals surface area contributed by atoms with E-state index in [1.165, 1.54) is 4.90 Å². The van der Waals surface area contributed by atoms with Crippen molar-refractivity contribution >= 4 is 23.9 Å². The van der Waals surface area contributed by atoms with Crippen LogP contribution >= 0.6 is 0 Å². The fourth-order valence-electron chi connectivity index (χ4n) is 4.71. The molecule has 1 aromatic carbocycles. The van der Waals surface area contributed by atoms with Crippen LogP contribution in [0.3, 0.4) is 0 Å². The molecule has 2 aliphatic heterocycles. The molecule has 0 aromatic heterocycles. The second kappa shape index (κ2) is 8.49. The van der Waals surface area contributed by atoms with Crippen molar-refractivity contribution in [1.82, 2.24) is 10.2 Å². The Bertz CT molecular complexity index is 806. The minimum absolute atomic E-state index is 0.255. The van der Waals surface area contributed by atoms with Crippen molar-refractivity contribution in [2.75, 3.05) is 6.54 Å². The Hall–Kier alpha value is -2.47. The molecule has 1 aromatic rings.